The largest absolute Gasteiger partial charge is 0.469 e. The first-order chi connectivity index (χ1) is 13.5. The summed E-state index contributed by atoms with van der Waals surface area (Å²) in [6.45, 7) is 2.19. The molecular weight excluding hydrogens is 365 g/mol. The highest BCUT2D eigenvalue weighted by atomic mass is 19.1. The number of nitrogens with one attached hydrogen (secondary N) is 1. The highest BCUT2D eigenvalue weighted by Gasteiger charge is 2.39. The Morgan fingerprint density at radius 2 is 2.11 bits per heavy atom. The third-order valence-corrected chi connectivity index (χ3v) is 4.36. The normalized spacial score (nSPS) is 17.0. The van der Waals surface area contributed by atoms with Crippen molar-refractivity contribution >= 4 is 29.0 Å². The minimum Gasteiger partial charge on any atom is -0.469 e. The minimum absolute atomic E-state index is 0.127. The number of anilines is 1. The maximum atomic E-state index is 13.2. The summed E-state index contributed by atoms with van der Waals surface area (Å²) in [5.41, 5.74) is 2.26. The number of imidazole rings is 1. The molecule has 1 amide bonds. The van der Waals surface area contributed by atoms with Crippen molar-refractivity contribution in [3.8, 4) is 0 Å². The zero-order chi connectivity index (χ0) is 20.1. The molecule has 0 radical (unpaired) electrons. The second-order valence-corrected chi connectivity index (χ2v) is 6.25. The first kappa shape index (κ1) is 19.4. The smallest absolute Gasteiger partial charge is 0.311 e. The molecule has 1 aromatic carbocycles. The van der Waals surface area contributed by atoms with Crippen LogP contribution in [0.2, 0.25) is 0 Å². The van der Waals surface area contributed by atoms with Crippen molar-refractivity contribution in [2.24, 2.45) is 16.0 Å². The molecular formula is C19H20FN5O3. The first-order valence-electron chi connectivity index (χ1n) is 8.71. The van der Waals surface area contributed by atoms with Gasteiger partial charge in [-0.25, -0.2) is 9.37 Å². The van der Waals surface area contributed by atoms with Gasteiger partial charge in [-0.3, -0.25) is 14.6 Å². The van der Waals surface area contributed by atoms with E-state index in [-0.39, 0.29) is 12.3 Å². The lowest BCUT2D eigenvalue weighted by molar-refractivity contribution is -0.139. The zero-order valence-corrected chi connectivity index (χ0v) is 15.6. The molecule has 1 N–H and O–H groups in total. The van der Waals surface area contributed by atoms with Crippen molar-refractivity contribution in [2.75, 3.05) is 18.7 Å². The molecule has 146 valence electrons. The van der Waals surface area contributed by atoms with Gasteiger partial charge >= 0.3 is 5.97 Å². The lowest BCUT2D eigenvalue weighted by Gasteiger charge is -2.14. The highest BCUT2D eigenvalue weighted by Crippen LogP contribution is 2.26. The average molecular weight is 385 g/mol. The molecule has 0 aliphatic carbocycles. The van der Waals surface area contributed by atoms with E-state index in [0.29, 0.717) is 30.1 Å². The molecule has 0 spiro atoms. The molecule has 8 nitrogen and oxygen atoms in total. The number of hydrogen-bond acceptors (Lipinski definition) is 6. The number of aromatic amines is 1. The van der Waals surface area contributed by atoms with Crippen LogP contribution in [0, 0.1) is 11.7 Å². The third kappa shape index (κ3) is 4.30. The first-order valence-corrected chi connectivity index (χ1v) is 8.71. The number of rotatable bonds is 7. The number of ether oxygens (including phenoxy) is 1. The summed E-state index contributed by atoms with van der Waals surface area (Å²) < 4.78 is 17.9. The molecule has 1 aromatic heterocycles. The molecule has 0 bridgehead atoms. The molecule has 2 heterocycles. The number of nitrogens with zero attached hydrogens (tertiary/aromatic N) is 4. The predicted molar refractivity (Wildman–Crippen MR) is 102 cm³/mol. The summed E-state index contributed by atoms with van der Waals surface area (Å²) in [6, 6.07) is 5.41. The van der Waals surface area contributed by atoms with Gasteiger partial charge in [-0.15, -0.1) is 0 Å². The number of carbonyl (C=O) groups excluding carboxylic acids is 2. The van der Waals surface area contributed by atoms with Gasteiger partial charge in [0.1, 0.15) is 11.7 Å². The van der Waals surface area contributed by atoms with Gasteiger partial charge in [0, 0.05) is 30.6 Å². The fourth-order valence-corrected chi connectivity index (χ4v) is 2.91. The monoisotopic (exact) mass is 385 g/mol. The Morgan fingerprint density at radius 3 is 2.75 bits per heavy atom. The van der Waals surface area contributed by atoms with Crippen molar-refractivity contribution in [3.05, 3.63) is 48.3 Å². The van der Waals surface area contributed by atoms with Gasteiger partial charge in [0.25, 0.3) is 5.91 Å². The number of amides is 1. The van der Waals surface area contributed by atoms with Gasteiger partial charge in [0.15, 0.2) is 0 Å². The fourth-order valence-electron chi connectivity index (χ4n) is 2.91. The van der Waals surface area contributed by atoms with Crippen LogP contribution < -0.4 is 5.01 Å². The Hall–Kier alpha value is -3.36. The number of methoxy groups -OCH3 is 1. The summed E-state index contributed by atoms with van der Waals surface area (Å²) >= 11 is 0. The van der Waals surface area contributed by atoms with Gasteiger partial charge in [-0.2, -0.15) is 10.1 Å². The molecule has 1 atom stereocenters. The quantitative estimate of drug-likeness (QED) is 0.583. The van der Waals surface area contributed by atoms with E-state index in [2.05, 4.69) is 20.1 Å². The van der Waals surface area contributed by atoms with Gasteiger partial charge in [0.2, 0.25) is 0 Å². The number of carbonyl (C=O) groups is 2. The number of aromatic nitrogens is 2. The molecule has 9 heteroatoms. The van der Waals surface area contributed by atoms with Crippen molar-refractivity contribution in [2.45, 2.75) is 19.8 Å². The van der Waals surface area contributed by atoms with Crippen LogP contribution in [0.15, 0.2) is 46.9 Å². The SMILES string of the molecule is COC(=O)CC1=NN(c2ccc(F)cc2)C(=O)C1C(C)=NCCc1cnc[nH]1. The van der Waals surface area contributed by atoms with E-state index in [0.717, 1.165) is 5.69 Å². The van der Waals surface area contributed by atoms with Crippen molar-refractivity contribution in [3.63, 3.8) is 0 Å². The Morgan fingerprint density at radius 1 is 1.36 bits per heavy atom. The summed E-state index contributed by atoms with van der Waals surface area (Å²) in [5, 5.41) is 5.47. The number of hydrogen-bond donors (Lipinski definition) is 1. The summed E-state index contributed by atoms with van der Waals surface area (Å²) in [4.78, 5) is 36.2. The number of H-pyrrole nitrogens is 1. The second-order valence-electron chi connectivity index (χ2n) is 6.25. The van der Waals surface area contributed by atoms with Gasteiger partial charge in [0.05, 0.1) is 31.3 Å². The molecule has 3 rings (SSSR count). The van der Waals surface area contributed by atoms with Crippen LogP contribution in [0.5, 0.6) is 0 Å². The van der Waals surface area contributed by atoms with Crippen LogP contribution in [0.3, 0.4) is 0 Å². The molecule has 1 unspecified atom stereocenters. The van der Waals surface area contributed by atoms with E-state index in [1.54, 1.807) is 19.4 Å². The van der Waals surface area contributed by atoms with Gasteiger partial charge in [-0.05, 0) is 31.2 Å². The van der Waals surface area contributed by atoms with E-state index in [4.69, 9.17) is 4.74 Å². The van der Waals surface area contributed by atoms with E-state index in [1.807, 2.05) is 0 Å². The summed E-state index contributed by atoms with van der Waals surface area (Å²) in [6.07, 6.45) is 3.82. The van der Waals surface area contributed by atoms with Gasteiger partial charge in [-0.1, -0.05) is 0 Å². The van der Waals surface area contributed by atoms with Crippen molar-refractivity contribution in [1.29, 1.82) is 0 Å². The average Bonchev–Trinajstić information content (AvgIpc) is 3.30. The second kappa shape index (κ2) is 8.55. The minimum atomic E-state index is -0.758. The maximum Gasteiger partial charge on any atom is 0.311 e. The fraction of sp³-hybridized carbons (Fsp3) is 0.316. The van der Waals surface area contributed by atoms with Crippen LogP contribution in [-0.2, 0) is 20.7 Å². The van der Waals surface area contributed by atoms with Crippen molar-refractivity contribution < 1.29 is 18.7 Å². The van der Waals surface area contributed by atoms with E-state index >= 15 is 0 Å². The zero-order valence-electron chi connectivity index (χ0n) is 15.6. The molecule has 28 heavy (non-hydrogen) atoms. The Kier molecular flexibility index (Phi) is 5.93. The van der Waals surface area contributed by atoms with Crippen LogP contribution >= 0.6 is 0 Å². The van der Waals surface area contributed by atoms with Crippen LogP contribution in [0.1, 0.15) is 19.0 Å². The molecule has 0 saturated carbocycles. The Bertz CT molecular complexity index is 906. The Balaban J connectivity index is 1.82. The molecule has 1 aliphatic heterocycles. The highest BCUT2D eigenvalue weighted by molar-refractivity contribution is 6.30. The summed E-state index contributed by atoms with van der Waals surface area (Å²) in [7, 11) is 1.28. The number of aliphatic imine (C=N–C) groups is 1. The standard InChI is InChI=1S/C19H20FN5O3/c1-12(22-8-7-14-10-21-11-23-14)18-16(9-17(26)28-2)24-25(19(18)27)15-5-3-13(20)4-6-15/h3-6,10-11,18H,7-9H2,1-2H3,(H,21,23). The molecule has 2 aromatic rings. The van der Waals surface area contributed by atoms with Crippen molar-refractivity contribution in [1.82, 2.24) is 9.97 Å². The Labute approximate surface area is 161 Å². The summed E-state index contributed by atoms with van der Waals surface area (Å²) in [5.74, 6) is -2.01. The van der Waals surface area contributed by atoms with Gasteiger partial charge < -0.3 is 9.72 Å². The lowest BCUT2D eigenvalue weighted by atomic mass is 9.96. The topological polar surface area (TPSA) is 100 Å². The maximum absolute atomic E-state index is 13.2. The number of esters is 1. The molecule has 0 fully saturated rings. The molecule has 1 aliphatic rings. The molecule has 0 saturated heterocycles. The van der Waals surface area contributed by atoms with Crippen LogP contribution in [-0.4, -0.2) is 46.9 Å². The third-order valence-electron chi connectivity index (χ3n) is 4.36. The predicted octanol–water partition coefficient (Wildman–Crippen LogP) is 2.13. The van der Waals surface area contributed by atoms with Crippen LogP contribution in [0.25, 0.3) is 0 Å². The van der Waals surface area contributed by atoms with E-state index in [9.17, 15) is 14.0 Å². The van der Waals surface area contributed by atoms with E-state index in [1.165, 1.54) is 36.4 Å². The lowest BCUT2D eigenvalue weighted by Crippen LogP contribution is -2.33. The van der Waals surface area contributed by atoms with Crippen LogP contribution in [0.4, 0.5) is 10.1 Å². The number of benzene rings is 1. The number of hydrazone groups is 1. The number of halogens is 1. The van der Waals surface area contributed by atoms with E-state index < -0.39 is 17.7 Å².